The topological polar surface area (TPSA) is 31.2 Å². The number of hydrogen-bond donors (Lipinski definition) is 0. The van der Waals surface area contributed by atoms with Gasteiger partial charge in [-0.25, -0.2) is 4.39 Å². The molecule has 4 heteroatoms. The van der Waals surface area contributed by atoms with Crippen LogP contribution in [0, 0.1) is 5.82 Å². The first-order valence-electron chi connectivity index (χ1n) is 4.96. The first-order valence-corrected chi connectivity index (χ1v) is 4.96. The molecule has 0 atom stereocenters. The Labute approximate surface area is 92.4 Å². The summed E-state index contributed by atoms with van der Waals surface area (Å²) in [5.41, 5.74) is 0.726. The number of carbonyl (C=O) groups excluding carboxylic acids is 1. The number of nitrogens with zero attached hydrogens (tertiary/aromatic N) is 1. The Bertz CT molecular complexity index is 519. The molecule has 0 N–H and O–H groups in total. The third-order valence-corrected chi connectivity index (χ3v) is 2.39. The minimum Gasteiger partial charge on any atom is -0.377 e. The summed E-state index contributed by atoms with van der Waals surface area (Å²) in [6, 6.07) is 6.38. The van der Waals surface area contributed by atoms with Crippen LogP contribution < -0.4 is 0 Å². The van der Waals surface area contributed by atoms with Gasteiger partial charge in [0.1, 0.15) is 12.4 Å². The number of halogens is 1. The van der Waals surface area contributed by atoms with Gasteiger partial charge in [-0.2, -0.15) is 0 Å². The molecule has 0 aliphatic carbocycles. The molecule has 2 aromatic rings. The lowest BCUT2D eigenvalue weighted by atomic mass is 10.2. The van der Waals surface area contributed by atoms with E-state index >= 15 is 0 Å². The van der Waals surface area contributed by atoms with Crippen LogP contribution in [0.4, 0.5) is 4.39 Å². The largest absolute Gasteiger partial charge is 0.377 e. The average molecular weight is 221 g/mol. The monoisotopic (exact) mass is 221 g/mol. The van der Waals surface area contributed by atoms with Crippen LogP contribution >= 0.6 is 0 Å². The number of fused-ring (bicyclic) bond motifs is 1. The zero-order valence-electron chi connectivity index (χ0n) is 8.94. The SMILES string of the molecule is COCC(=O)Cn1ccc2ccc(F)cc21. The van der Waals surface area contributed by atoms with Gasteiger partial charge in [-0.3, -0.25) is 4.79 Å². The molecule has 16 heavy (non-hydrogen) atoms. The van der Waals surface area contributed by atoms with E-state index in [-0.39, 0.29) is 24.8 Å². The Morgan fingerprint density at radius 1 is 1.44 bits per heavy atom. The predicted molar refractivity (Wildman–Crippen MR) is 58.8 cm³/mol. The average Bonchev–Trinajstić information content (AvgIpc) is 2.61. The number of benzene rings is 1. The number of Topliss-reactive ketones (excluding diaryl/α,β-unsaturated/α-hetero) is 1. The molecule has 1 aromatic carbocycles. The lowest BCUT2D eigenvalue weighted by molar-refractivity contribution is -0.123. The van der Waals surface area contributed by atoms with E-state index in [1.165, 1.54) is 19.2 Å². The predicted octanol–water partition coefficient (Wildman–Crippen LogP) is 2.00. The van der Waals surface area contributed by atoms with Crippen molar-refractivity contribution in [3.63, 3.8) is 0 Å². The molecule has 0 spiro atoms. The van der Waals surface area contributed by atoms with Gasteiger partial charge in [0.2, 0.25) is 0 Å². The Hall–Kier alpha value is -1.68. The second-order valence-corrected chi connectivity index (χ2v) is 3.62. The number of ether oxygens (including phenoxy) is 1. The smallest absolute Gasteiger partial charge is 0.178 e. The van der Waals surface area contributed by atoms with E-state index in [1.54, 1.807) is 16.8 Å². The zero-order valence-corrected chi connectivity index (χ0v) is 8.94. The number of hydrogen-bond acceptors (Lipinski definition) is 2. The highest BCUT2D eigenvalue weighted by Crippen LogP contribution is 2.16. The van der Waals surface area contributed by atoms with Crippen LogP contribution in [-0.2, 0) is 16.1 Å². The maximum Gasteiger partial charge on any atom is 0.178 e. The van der Waals surface area contributed by atoms with Gasteiger partial charge in [-0.05, 0) is 29.7 Å². The third kappa shape index (κ3) is 2.12. The number of aromatic nitrogens is 1. The van der Waals surface area contributed by atoms with Gasteiger partial charge in [0, 0.05) is 13.3 Å². The van der Waals surface area contributed by atoms with Crippen molar-refractivity contribution in [2.75, 3.05) is 13.7 Å². The molecule has 3 nitrogen and oxygen atoms in total. The Balaban J connectivity index is 2.30. The van der Waals surface area contributed by atoms with Crippen molar-refractivity contribution < 1.29 is 13.9 Å². The van der Waals surface area contributed by atoms with Gasteiger partial charge in [-0.15, -0.1) is 0 Å². The highest BCUT2D eigenvalue weighted by atomic mass is 19.1. The Kier molecular flexibility index (Phi) is 3.01. The van der Waals surface area contributed by atoms with E-state index in [4.69, 9.17) is 4.74 Å². The van der Waals surface area contributed by atoms with Gasteiger partial charge in [0.25, 0.3) is 0 Å². The zero-order chi connectivity index (χ0) is 11.5. The van der Waals surface area contributed by atoms with Crippen LogP contribution in [0.25, 0.3) is 10.9 Å². The normalized spacial score (nSPS) is 10.9. The highest BCUT2D eigenvalue weighted by molar-refractivity contribution is 5.84. The molecule has 1 aromatic heterocycles. The summed E-state index contributed by atoms with van der Waals surface area (Å²) < 4.78 is 19.5. The molecule has 0 saturated heterocycles. The van der Waals surface area contributed by atoms with Crippen LogP contribution in [0.3, 0.4) is 0 Å². The summed E-state index contributed by atoms with van der Waals surface area (Å²) in [5.74, 6) is -0.337. The van der Waals surface area contributed by atoms with Crippen LogP contribution in [0.5, 0.6) is 0 Å². The van der Waals surface area contributed by atoms with Gasteiger partial charge in [0.15, 0.2) is 5.78 Å². The van der Waals surface area contributed by atoms with Crippen LogP contribution in [0.15, 0.2) is 30.5 Å². The molecule has 0 unspecified atom stereocenters. The van der Waals surface area contributed by atoms with Crippen molar-refractivity contribution in [1.29, 1.82) is 0 Å². The molecule has 0 aliphatic rings. The lowest BCUT2D eigenvalue weighted by Crippen LogP contribution is -2.14. The Morgan fingerprint density at radius 2 is 2.25 bits per heavy atom. The molecule has 0 amide bonds. The fraction of sp³-hybridized carbons (Fsp3) is 0.250. The fourth-order valence-corrected chi connectivity index (χ4v) is 1.69. The van der Waals surface area contributed by atoms with Crippen molar-refractivity contribution >= 4 is 16.7 Å². The van der Waals surface area contributed by atoms with Crippen molar-refractivity contribution in [2.24, 2.45) is 0 Å². The van der Waals surface area contributed by atoms with Crippen molar-refractivity contribution in [1.82, 2.24) is 4.57 Å². The van der Waals surface area contributed by atoms with Crippen molar-refractivity contribution in [2.45, 2.75) is 6.54 Å². The number of carbonyl (C=O) groups is 1. The molecular formula is C12H12FNO2. The van der Waals surface area contributed by atoms with E-state index in [0.717, 1.165) is 10.9 Å². The number of ketones is 1. The molecule has 0 fully saturated rings. The van der Waals surface area contributed by atoms with E-state index < -0.39 is 0 Å². The van der Waals surface area contributed by atoms with E-state index in [1.807, 2.05) is 6.07 Å². The molecule has 0 aliphatic heterocycles. The van der Waals surface area contributed by atoms with Gasteiger partial charge < -0.3 is 9.30 Å². The molecule has 0 bridgehead atoms. The molecule has 84 valence electrons. The van der Waals surface area contributed by atoms with E-state index in [0.29, 0.717) is 0 Å². The van der Waals surface area contributed by atoms with Gasteiger partial charge in [0.05, 0.1) is 12.1 Å². The fourth-order valence-electron chi connectivity index (χ4n) is 1.69. The number of rotatable bonds is 4. The molecule has 0 radical (unpaired) electrons. The van der Waals surface area contributed by atoms with Crippen molar-refractivity contribution in [3.05, 3.63) is 36.3 Å². The highest BCUT2D eigenvalue weighted by Gasteiger charge is 2.06. The number of methoxy groups -OCH3 is 1. The first kappa shape index (κ1) is 10.8. The standard InChI is InChI=1S/C12H12FNO2/c1-16-8-11(15)7-14-5-4-9-2-3-10(13)6-12(9)14/h2-6H,7-8H2,1H3. The van der Waals surface area contributed by atoms with E-state index in [9.17, 15) is 9.18 Å². The lowest BCUT2D eigenvalue weighted by Gasteiger charge is -2.04. The summed E-state index contributed by atoms with van der Waals surface area (Å²) in [6.07, 6.45) is 1.78. The van der Waals surface area contributed by atoms with E-state index in [2.05, 4.69) is 0 Å². The minimum atomic E-state index is -0.299. The van der Waals surface area contributed by atoms with Gasteiger partial charge in [-0.1, -0.05) is 0 Å². The summed E-state index contributed by atoms with van der Waals surface area (Å²) in [7, 11) is 1.48. The molecule has 0 saturated carbocycles. The van der Waals surface area contributed by atoms with Crippen molar-refractivity contribution in [3.8, 4) is 0 Å². The van der Waals surface area contributed by atoms with Crippen LogP contribution in [0.1, 0.15) is 0 Å². The van der Waals surface area contributed by atoms with Gasteiger partial charge >= 0.3 is 0 Å². The molecule has 1 heterocycles. The second kappa shape index (κ2) is 4.45. The summed E-state index contributed by atoms with van der Waals surface area (Å²) >= 11 is 0. The Morgan fingerprint density at radius 3 is 3.00 bits per heavy atom. The maximum atomic E-state index is 13.1. The quantitative estimate of drug-likeness (QED) is 0.790. The third-order valence-electron chi connectivity index (χ3n) is 2.39. The summed E-state index contributed by atoms with van der Waals surface area (Å²) in [5, 5.41) is 0.923. The maximum absolute atomic E-state index is 13.1. The minimum absolute atomic E-state index is 0.0377. The second-order valence-electron chi connectivity index (χ2n) is 3.62. The summed E-state index contributed by atoms with van der Waals surface area (Å²) in [4.78, 5) is 11.4. The first-order chi connectivity index (χ1) is 7.70. The molecular weight excluding hydrogens is 209 g/mol. The summed E-state index contributed by atoms with van der Waals surface area (Å²) in [6.45, 7) is 0.287. The van der Waals surface area contributed by atoms with Crippen LogP contribution in [-0.4, -0.2) is 24.1 Å². The molecule has 2 rings (SSSR count). The van der Waals surface area contributed by atoms with Crippen LogP contribution in [0.2, 0.25) is 0 Å².